The van der Waals surface area contributed by atoms with E-state index >= 15 is 0 Å². The van der Waals surface area contributed by atoms with E-state index in [0.717, 1.165) is 17.7 Å². The predicted molar refractivity (Wildman–Crippen MR) is 75.4 cm³/mol. The molecule has 1 aromatic carbocycles. The molecule has 0 radical (unpaired) electrons. The Morgan fingerprint density at radius 2 is 2.16 bits per heavy atom. The molecule has 4 N–H and O–H groups in total. The van der Waals surface area contributed by atoms with Gasteiger partial charge >= 0.3 is 0 Å². The van der Waals surface area contributed by atoms with Gasteiger partial charge in [-0.25, -0.2) is 0 Å². The van der Waals surface area contributed by atoms with Crippen LogP contribution in [0.2, 0.25) is 0 Å². The lowest BCUT2D eigenvalue weighted by Gasteiger charge is -2.13. The largest absolute Gasteiger partial charge is 0.394 e. The Kier molecular flexibility index (Phi) is 6.32. The van der Waals surface area contributed by atoms with Gasteiger partial charge in [0.15, 0.2) is 0 Å². The molecule has 0 bridgehead atoms. The van der Waals surface area contributed by atoms with Crippen LogP contribution < -0.4 is 10.6 Å². The molecule has 0 aliphatic heterocycles. The van der Waals surface area contributed by atoms with Crippen LogP contribution in [-0.2, 0) is 0 Å². The van der Waals surface area contributed by atoms with Gasteiger partial charge in [0.05, 0.1) is 12.7 Å². The fourth-order valence-electron chi connectivity index (χ4n) is 1.64. The SMILES string of the molecule is CCCNC(=O)c1ccc(NCC(O)CO)c(C)c1. The Hall–Kier alpha value is -1.59. The van der Waals surface area contributed by atoms with Gasteiger partial charge in [-0.15, -0.1) is 0 Å². The highest BCUT2D eigenvalue weighted by atomic mass is 16.3. The number of anilines is 1. The molecule has 5 heteroatoms. The van der Waals surface area contributed by atoms with E-state index in [2.05, 4.69) is 10.6 Å². The van der Waals surface area contributed by atoms with E-state index in [4.69, 9.17) is 5.11 Å². The Labute approximate surface area is 113 Å². The number of amides is 1. The van der Waals surface area contributed by atoms with E-state index < -0.39 is 6.10 Å². The van der Waals surface area contributed by atoms with Crippen LogP contribution in [0.25, 0.3) is 0 Å². The zero-order valence-corrected chi connectivity index (χ0v) is 11.4. The first-order valence-corrected chi connectivity index (χ1v) is 6.50. The highest BCUT2D eigenvalue weighted by Gasteiger charge is 2.08. The first kappa shape index (κ1) is 15.5. The van der Waals surface area contributed by atoms with Crippen molar-refractivity contribution in [1.82, 2.24) is 5.32 Å². The molecule has 1 atom stereocenters. The van der Waals surface area contributed by atoms with Crippen LogP contribution in [0.15, 0.2) is 18.2 Å². The minimum absolute atomic E-state index is 0.0770. The number of nitrogens with one attached hydrogen (secondary N) is 2. The van der Waals surface area contributed by atoms with Crippen LogP contribution in [0.5, 0.6) is 0 Å². The second-order valence-electron chi connectivity index (χ2n) is 4.50. The lowest BCUT2D eigenvalue weighted by molar-refractivity contribution is 0.0953. The number of aliphatic hydroxyl groups excluding tert-OH is 2. The number of benzene rings is 1. The molecule has 0 saturated carbocycles. The standard InChI is InChI=1S/C14H22N2O3/c1-3-6-15-14(19)11-4-5-13(10(2)7-11)16-8-12(18)9-17/h4-5,7,12,16-18H,3,6,8-9H2,1-2H3,(H,15,19). The molecule has 1 amide bonds. The topological polar surface area (TPSA) is 81.6 Å². The monoisotopic (exact) mass is 266 g/mol. The lowest BCUT2D eigenvalue weighted by Crippen LogP contribution is -2.25. The summed E-state index contributed by atoms with van der Waals surface area (Å²) in [5.41, 5.74) is 2.40. The molecule has 0 aliphatic rings. The molecule has 106 valence electrons. The van der Waals surface area contributed by atoms with Crippen molar-refractivity contribution in [1.29, 1.82) is 0 Å². The quantitative estimate of drug-likeness (QED) is 0.591. The summed E-state index contributed by atoms with van der Waals surface area (Å²) in [7, 11) is 0. The van der Waals surface area contributed by atoms with Crippen LogP contribution in [0.3, 0.4) is 0 Å². The number of hydrogen-bond donors (Lipinski definition) is 4. The fraction of sp³-hybridized carbons (Fsp3) is 0.500. The molecule has 0 aliphatic carbocycles. The lowest BCUT2D eigenvalue weighted by atomic mass is 10.1. The number of hydrogen-bond acceptors (Lipinski definition) is 4. The van der Waals surface area contributed by atoms with Gasteiger partial charge < -0.3 is 20.8 Å². The van der Waals surface area contributed by atoms with Crippen molar-refractivity contribution in [3.05, 3.63) is 29.3 Å². The molecule has 0 aromatic heterocycles. The molecule has 0 fully saturated rings. The minimum Gasteiger partial charge on any atom is -0.394 e. The van der Waals surface area contributed by atoms with Crippen molar-refractivity contribution in [3.8, 4) is 0 Å². The summed E-state index contributed by atoms with van der Waals surface area (Å²) in [5, 5.41) is 23.9. The highest BCUT2D eigenvalue weighted by molar-refractivity contribution is 5.94. The van der Waals surface area contributed by atoms with Crippen molar-refractivity contribution >= 4 is 11.6 Å². The Balaban J connectivity index is 2.66. The Bertz CT molecular complexity index is 421. The molecule has 0 heterocycles. The second-order valence-corrected chi connectivity index (χ2v) is 4.50. The number of rotatable bonds is 7. The number of carbonyl (C=O) groups excluding carboxylic acids is 1. The van der Waals surface area contributed by atoms with E-state index in [9.17, 15) is 9.90 Å². The van der Waals surface area contributed by atoms with Gasteiger partial charge in [0.2, 0.25) is 0 Å². The Morgan fingerprint density at radius 3 is 2.74 bits per heavy atom. The summed E-state index contributed by atoms with van der Waals surface area (Å²) < 4.78 is 0. The number of aryl methyl sites for hydroxylation is 1. The molecule has 0 spiro atoms. The molecule has 1 rings (SSSR count). The summed E-state index contributed by atoms with van der Waals surface area (Å²) >= 11 is 0. The number of carbonyl (C=O) groups is 1. The van der Waals surface area contributed by atoms with Gasteiger partial charge in [0.1, 0.15) is 0 Å². The number of aliphatic hydroxyl groups is 2. The first-order chi connectivity index (χ1) is 9.08. The van der Waals surface area contributed by atoms with E-state index in [1.807, 2.05) is 13.8 Å². The van der Waals surface area contributed by atoms with E-state index in [0.29, 0.717) is 12.1 Å². The van der Waals surface area contributed by atoms with Crippen LogP contribution in [0.4, 0.5) is 5.69 Å². The second kappa shape index (κ2) is 7.76. The molecule has 1 aromatic rings. The van der Waals surface area contributed by atoms with Gasteiger partial charge in [-0.1, -0.05) is 6.92 Å². The third-order valence-corrected chi connectivity index (χ3v) is 2.76. The van der Waals surface area contributed by atoms with Crippen LogP contribution in [0.1, 0.15) is 29.3 Å². The van der Waals surface area contributed by atoms with Gasteiger partial charge in [0, 0.05) is 24.3 Å². The van der Waals surface area contributed by atoms with Crippen molar-refractivity contribution in [2.75, 3.05) is 25.0 Å². The highest BCUT2D eigenvalue weighted by Crippen LogP contribution is 2.16. The van der Waals surface area contributed by atoms with Crippen molar-refractivity contribution in [2.24, 2.45) is 0 Å². The Morgan fingerprint density at radius 1 is 1.42 bits per heavy atom. The predicted octanol–water partition coefficient (Wildman–Crippen LogP) is 0.900. The normalized spacial score (nSPS) is 12.0. The maximum atomic E-state index is 11.8. The average molecular weight is 266 g/mol. The smallest absolute Gasteiger partial charge is 0.251 e. The molecule has 1 unspecified atom stereocenters. The zero-order valence-electron chi connectivity index (χ0n) is 11.4. The van der Waals surface area contributed by atoms with Crippen LogP contribution >= 0.6 is 0 Å². The summed E-state index contributed by atoms with van der Waals surface area (Å²) in [6.45, 7) is 4.57. The molecule has 19 heavy (non-hydrogen) atoms. The van der Waals surface area contributed by atoms with Crippen molar-refractivity contribution in [2.45, 2.75) is 26.4 Å². The molecule has 0 saturated heterocycles. The molecular weight excluding hydrogens is 244 g/mol. The van der Waals surface area contributed by atoms with Gasteiger partial charge in [-0.05, 0) is 37.1 Å². The minimum atomic E-state index is -0.785. The average Bonchev–Trinajstić information content (AvgIpc) is 2.42. The summed E-state index contributed by atoms with van der Waals surface area (Å²) in [5.74, 6) is -0.0770. The molecule has 5 nitrogen and oxygen atoms in total. The van der Waals surface area contributed by atoms with Crippen LogP contribution in [0, 0.1) is 6.92 Å². The summed E-state index contributed by atoms with van der Waals surface area (Å²) in [6.07, 6.45) is 0.121. The van der Waals surface area contributed by atoms with E-state index in [1.54, 1.807) is 18.2 Å². The van der Waals surface area contributed by atoms with E-state index in [1.165, 1.54) is 0 Å². The third kappa shape index (κ3) is 4.89. The van der Waals surface area contributed by atoms with Crippen molar-refractivity contribution in [3.63, 3.8) is 0 Å². The van der Waals surface area contributed by atoms with Crippen molar-refractivity contribution < 1.29 is 15.0 Å². The van der Waals surface area contributed by atoms with E-state index in [-0.39, 0.29) is 19.1 Å². The molecular formula is C14H22N2O3. The maximum Gasteiger partial charge on any atom is 0.251 e. The summed E-state index contributed by atoms with van der Waals surface area (Å²) in [6, 6.07) is 5.35. The summed E-state index contributed by atoms with van der Waals surface area (Å²) in [4.78, 5) is 11.8. The maximum absolute atomic E-state index is 11.8. The van der Waals surface area contributed by atoms with Crippen LogP contribution in [-0.4, -0.2) is 41.9 Å². The fourth-order valence-corrected chi connectivity index (χ4v) is 1.64. The van der Waals surface area contributed by atoms with Gasteiger partial charge in [-0.3, -0.25) is 4.79 Å². The first-order valence-electron chi connectivity index (χ1n) is 6.50. The zero-order chi connectivity index (χ0) is 14.3. The van der Waals surface area contributed by atoms with Gasteiger partial charge in [-0.2, -0.15) is 0 Å². The third-order valence-electron chi connectivity index (χ3n) is 2.76. The van der Waals surface area contributed by atoms with Gasteiger partial charge in [0.25, 0.3) is 5.91 Å².